The number of benzene rings is 2. The summed E-state index contributed by atoms with van der Waals surface area (Å²) in [6, 6.07) is 10.8. The minimum atomic E-state index is -4.35. The Morgan fingerprint density at radius 3 is 2.55 bits per heavy atom. The molecule has 2 heterocycles. The first-order valence-corrected chi connectivity index (χ1v) is 10.7. The Kier molecular flexibility index (Phi) is 6.81. The van der Waals surface area contributed by atoms with E-state index >= 15 is 0 Å². The van der Waals surface area contributed by atoms with Crippen LogP contribution in [0.25, 0.3) is 10.9 Å². The Bertz CT molecular complexity index is 1170. The van der Waals surface area contributed by atoms with Crippen LogP contribution >= 0.6 is 0 Å². The van der Waals surface area contributed by atoms with Crippen molar-refractivity contribution in [2.45, 2.75) is 45.5 Å². The number of nitrogens with zero attached hydrogens (tertiary/aromatic N) is 4. The lowest BCUT2D eigenvalue weighted by atomic mass is 10.1. The van der Waals surface area contributed by atoms with Crippen LogP contribution in [0.2, 0.25) is 0 Å². The van der Waals surface area contributed by atoms with Gasteiger partial charge in [0, 0.05) is 18.1 Å². The lowest BCUT2D eigenvalue weighted by Gasteiger charge is -2.13. The van der Waals surface area contributed by atoms with Crippen LogP contribution in [0.5, 0.6) is 11.5 Å². The van der Waals surface area contributed by atoms with Crippen LogP contribution in [0.4, 0.5) is 13.2 Å². The van der Waals surface area contributed by atoms with Crippen molar-refractivity contribution in [1.29, 1.82) is 0 Å². The molecule has 0 aliphatic rings. The minimum Gasteiger partial charge on any atom is -0.494 e. The van der Waals surface area contributed by atoms with E-state index in [4.69, 9.17) is 9.47 Å². The van der Waals surface area contributed by atoms with Crippen molar-refractivity contribution in [3.8, 4) is 11.5 Å². The molecule has 0 saturated carbocycles. The summed E-state index contributed by atoms with van der Waals surface area (Å²) < 4.78 is 51.8. The fourth-order valence-corrected chi connectivity index (χ4v) is 3.71. The number of H-pyrrole nitrogens is 1. The van der Waals surface area contributed by atoms with E-state index in [-0.39, 0.29) is 6.61 Å². The average Bonchev–Trinajstić information content (AvgIpc) is 3.47. The SMILES string of the molecule is CCCc1ccc(OCc2nn[nH]n2)c2ccn(CCCOc3ccc(C(F)(F)F)cc3)c12. The summed E-state index contributed by atoms with van der Waals surface area (Å²) in [6.45, 7) is 3.44. The molecular weight excluding hydrogens is 435 g/mol. The van der Waals surface area contributed by atoms with Gasteiger partial charge in [0.25, 0.3) is 0 Å². The monoisotopic (exact) mass is 459 g/mol. The van der Waals surface area contributed by atoms with Crippen LogP contribution in [-0.2, 0) is 25.7 Å². The molecule has 33 heavy (non-hydrogen) atoms. The van der Waals surface area contributed by atoms with Crippen molar-refractivity contribution >= 4 is 10.9 Å². The summed E-state index contributed by atoms with van der Waals surface area (Å²) in [4.78, 5) is 0. The van der Waals surface area contributed by atoms with E-state index in [0.717, 1.165) is 41.6 Å². The molecule has 0 spiro atoms. The second kappa shape index (κ2) is 9.93. The molecule has 0 radical (unpaired) electrons. The molecule has 0 aliphatic heterocycles. The summed E-state index contributed by atoms with van der Waals surface area (Å²) in [5, 5.41) is 14.8. The Labute approximate surface area is 188 Å². The lowest BCUT2D eigenvalue weighted by molar-refractivity contribution is -0.137. The quantitative estimate of drug-likeness (QED) is 0.331. The molecule has 0 unspecified atom stereocenters. The van der Waals surface area contributed by atoms with Gasteiger partial charge in [0.15, 0.2) is 6.61 Å². The fraction of sp³-hybridized carbons (Fsp3) is 0.348. The zero-order valence-electron chi connectivity index (χ0n) is 18.1. The number of halogens is 3. The molecule has 4 rings (SSSR count). The predicted octanol–water partition coefficient (Wildman–Crippen LogP) is 5.17. The Morgan fingerprint density at radius 1 is 1.03 bits per heavy atom. The average molecular weight is 459 g/mol. The number of hydrogen-bond donors (Lipinski definition) is 1. The highest BCUT2D eigenvalue weighted by atomic mass is 19.4. The molecule has 2 aromatic heterocycles. The van der Waals surface area contributed by atoms with E-state index in [9.17, 15) is 13.2 Å². The molecule has 7 nitrogen and oxygen atoms in total. The highest BCUT2D eigenvalue weighted by molar-refractivity contribution is 5.89. The maximum atomic E-state index is 12.7. The van der Waals surface area contributed by atoms with Crippen LogP contribution in [-0.4, -0.2) is 31.8 Å². The molecule has 174 valence electrons. The van der Waals surface area contributed by atoms with Crippen molar-refractivity contribution < 1.29 is 22.6 Å². The van der Waals surface area contributed by atoms with Gasteiger partial charge >= 0.3 is 6.18 Å². The molecule has 4 aromatic rings. The second-order valence-corrected chi connectivity index (χ2v) is 7.59. The molecule has 0 aliphatic carbocycles. The van der Waals surface area contributed by atoms with Crippen LogP contribution in [0.1, 0.15) is 36.7 Å². The third-order valence-corrected chi connectivity index (χ3v) is 5.23. The number of aromatic nitrogens is 5. The van der Waals surface area contributed by atoms with Crippen molar-refractivity contribution in [2.24, 2.45) is 0 Å². The van der Waals surface area contributed by atoms with Crippen LogP contribution in [0, 0.1) is 0 Å². The standard InChI is InChI=1S/C23H24F3N5O2/c1-2-4-16-5-10-20(33-15-21-27-29-30-28-21)19-11-13-31(22(16)19)12-3-14-32-18-8-6-17(7-9-18)23(24,25)26/h5-11,13H,2-4,12,14-15H2,1H3,(H,27,28,29,30). The first-order valence-electron chi connectivity index (χ1n) is 10.7. The normalized spacial score (nSPS) is 11.8. The van der Waals surface area contributed by atoms with E-state index in [2.05, 4.69) is 38.2 Å². The van der Waals surface area contributed by atoms with Gasteiger partial charge in [-0.15, -0.1) is 10.2 Å². The first-order chi connectivity index (χ1) is 16.0. The maximum absolute atomic E-state index is 12.7. The number of aryl methyl sites for hydroxylation is 2. The summed E-state index contributed by atoms with van der Waals surface area (Å²) in [5.74, 6) is 1.64. The van der Waals surface area contributed by atoms with Crippen molar-refractivity contribution in [3.63, 3.8) is 0 Å². The van der Waals surface area contributed by atoms with Gasteiger partial charge in [0.2, 0.25) is 5.82 Å². The molecule has 0 amide bonds. The molecule has 0 fully saturated rings. The number of ether oxygens (including phenoxy) is 2. The molecule has 1 N–H and O–H groups in total. The Balaban J connectivity index is 1.42. The fourth-order valence-electron chi connectivity index (χ4n) is 3.71. The van der Waals surface area contributed by atoms with E-state index in [1.807, 2.05) is 18.3 Å². The lowest BCUT2D eigenvalue weighted by Crippen LogP contribution is -2.06. The zero-order chi connectivity index (χ0) is 23.3. The number of nitrogens with one attached hydrogen (secondary N) is 1. The number of tetrazole rings is 1. The maximum Gasteiger partial charge on any atom is 0.416 e. The first kappa shape index (κ1) is 22.6. The summed E-state index contributed by atoms with van der Waals surface area (Å²) in [5.41, 5.74) is 1.65. The Hall–Kier alpha value is -3.56. The van der Waals surface area contributed by atoms with Crippen molar-refractivity contribution in [2.75, 3.05) is 6.61 Å². The van der Waals surface area contributed by atoms with E-state index in [1.165, 1.54) is 17.7 Å². The van der Waals surface area contributed by atoms with E-state index in [1.54, 1.807) is 0 Å². The number of hydrogen-bond acceptors (Lipinski definition) is 5. The van der Waals surface area contributed by atoms with Crippen molar-refractivity contribution in [1.82, 2.24) is 25.2 Å². The van der Waals surface area contributed by atoms with Gasteiger partial charge in [-0.05, 0) is 54.8 Å². The third kappa shape index (κ3) is 5.44. The smallest absolute Gasteiger partial charge is 0.416 e. The molecule has 0 bridgehead atoms. The largest absolute Gasteiger partial charge is 0.494 e. The van der Waals surface area contributed by atoms with Gasteiger partial charge in [-0.1, -0.05) is 24.6 Å². The molecular formula is C23H24F3N5O2. The van der Waals surface area contributed by atoms with Gasteiger partial charge in [-0.2, -0.15) is 18.4 Å². The minimum absolute atomic E-state index is 0.213. The summed E-state index contributed by atoms with van der Waals surface area (Å²) >= 11 is 0. The molecule has 0 atom stereocenters. The zero-order valence-corrected chi connectivity index (χ0v) is 18.1. The van der Waals surface area contributed by atoms with E-state index in [0.29, 0.717) is 31.1 Å². The van der Waals surface area contributed by atoms with Gasteiger partial charge in [-0.3, -0.25) is 0 Å². The Morgan fingerprint density at radius 2 is 1.85 bits per heavy atom. The van der Waals surface area contributed by atoms with Crippen LogP contribution in [0.3, 0.4) is 0 Å². The number of alkyl halides is 3. The number of aromatic amines is 1. The summed E-state index contributed by atoms with van der Waals surface area (Å²) in [6.07, 6.45) is 0.319. The topological polar surface area (TPSA) is 77.9 Å². The van der Waals surface area contributed by atoms with Crippen LogP contribution < -0.4 is 9.47 Å². The molecule has 0 saturated heterocycles. The number of rotatable bonds is 10. The molecule has 2 aromatic carbocycles. The third-order valence-electron chi connectivity index (χ3n) is 5.23. The van der Waals surface area contributed by atoms with Gasteiger partial charge in [-0.25, -0.2) is 0 Å². The van der Waals surface area contributed by atoms with Crippen LogP contribution in [0.15, 0.2) is 48.7 Å². The molecule has 10 heteroatoms. The highest BCUT2D eigenvalue weighted by Gasteiger charge is 2.30. The predicted molar refractivity (Wildman–Crippen MR) is 116 cm³/mol. The second-order valence-electron chi connectivity index (χ2n) is 7.59. The van der Waals surface area contributed by atoms with Gasteiger partial charge < -0.3 is 14.0 Å². The van der Waals surface area contributed by atoms with Gasteiger partial charge in [0.1, 0.15) is 11.5 Å². The van der Waals surface area contributed by atoms with E-state index < -0.39 is 11.7 Å². The summed E-state index contributed by atoms with van der Waals surface area (Å²) in [7, 11) is 0. The number of fused-ring (bicyclic) bond motifs is 1. The highest BCUT2D eigenvalue weighted by Crippen LogP contribution is 2.32. The van der Waals surface area contributed by atoms with Crippen molar-refractivity contribution in [3.05, 3.63) is 65.6 Å². The van der Waals surface area contributed by atoms with Gasteiger partial charge in [0.05, 0.1) is 17.7 Å².